The van der Waals surface area contributed by atoms with E-state index in [0.29, 0.717) is 28.4 Å². The maximum absolute atomic E-state index is 12.7. The van der Waals surface area contributed by atoms with Gasteiger partial charge in [-0.15, -0.1) is 0 Å². The topological polar surface area (TPSA) is 60.5 Å². The number of aryl methyl sites for hydroxylation is 1. The molecule has 5 nitrogen and oxygen atoms in total. The minimum atomic E-state index is -0.238. The molecule has 1 N–H and O–H groups in total. The molecular formula is C21H20N2O3. The van der Waals surface area contributed by atoms with E-state index in [4.69, 9.17) is 9.47 Å². The maximum Gasteiger partial charge on any atom is 0.257 e. The van der Waals surface area contributed by atoms with E-state index in [1.807, 2.05) is 43.3 Å². The van der Waals surface area contributed by atoms with Gasteiger partial charge < -0.3 is 14.8 Å². The largest absolute Gasteiger partial charge is 0.497 e. The summed E-state index contributed by atoms with van der Waals surface area (Å²) in [5.41, 5.74) is 3.60. The van der Waals surface area contributed by atoms with Crippen molar-refractivity contribution in [1.82, 2.24) is 4.98 Å². The van der Waals surface area contributed by atoms with Crippen molar-refractivity contribution in [3.63, 3.8) is 0 Å². The number of hydrogen-bond donors (Lipinski definition) is 1. The molecule has 1 amide bonds. The molecule has 0 unspecified atom stereocenters. The highest BCUT2D eigenvalue weighted by Crippen LogP contribution is 2.29. The molecule has 1 heterocycles. The summed E-state index contributed by atoms with van der Waals surface area (Å²) in [5.74, 6) is 0.951. The standard InChI is InChI=1S/C21H20N2O3/c1-14-17(10-12-18(22-14)15-7-5-4-6-8-15)21(24)23-19-11-9-16(25-2)13-20(19)26-3/h4-13H,1-3H3,(H,23,24). The Morgan fingerprint density at radius 3 is 2.38 bits per heavy atom. The number of methoxy groups -OCH3 is 2. The highest BCUT2D eigenvalue weighted by Gasteiger charge is 2.14. The molecule has 0 aliphatic rings. The average Bonchev–Trinajstić information content (AvgIpc) is 2.68. The summed E-state index contributed by atoms with van der Waals surface area (Å²) in [6, 6.07) is 18.7. The van der Waals surface area contributed by atoms with Crippen LogP contribution in [0.15, 0.2) is 60.7 Å². The zero-order chi connectivity index (χ0) is 18.5. The van der Waals surface area contributed by atoms with Crippen LogP contribution in [0.3, 0.4) is 0 Å². The first-order valence-corrected chi connectivity index (χ1v) is 8.19. The monoisotopic (exact) mass is 348 g/mol. The van der Waals surface area contributed by atoms with Crippen LogP contribution in [0.2, 0.25) is 0 Å². The van der Waals surface area contributed by atoms with Crippen LogP contribution < -0.4 is 14.8 Å². The Morgan fingerprint density at radius 1 is 0.962 bits per heavy atom. The summed E-state index contributed by atoms with van der Waals surface area (Å²) >= 11 is 0. The van der Waals surface area contributed by atoms with Crippen LogP contribution in [0, 0.1) is 6.92 Å². The van der Waals surface area contributed by atoms with Gasteiger partial charge in [-0.25, -0.2) is 0 Å². The van der Waals surface area contributed by atoms with Gasteiger partial charge in [0.15, 0.2) is 0 Å². The van der Waals surface area contributed by atoms with Crippen molar-refractivity contribution >= 4 is 11.6 Å². The first-order chi connectivity index (χ1) is 12.6. The van der Waals surface area contributed by atoms with Gasteiger partial charge in [0.25, 0.3) is 5.91 Å². The predicted molar refractivity (Wildman–Crippen MR) is 102 cm³/mol. The number of hydrogen-bond acceptors (Lipinski definition) is 4. The van der Waals surface area contributed by atoms with Gasteiger partial charge in [-0.2, -0.15) is 0 Å². The number of amides is 1. The molecule has 26 heavy (non-hydrogen) atoms. The highest BCUT2D eigenvalue weighted by atomic mass is 16.5. The van der Waals surface area contributed by atoms with Crippen molar-refractivity contribution in [3.05, 3.63) is 71.9 Å². The van der Waals surface area contributed by atoms with Crippen molar-refractivity contribution in [1.29, 1.82) is 0 Å². The van der Waals surface area contributed by atoms with E-state index >= 15 is 0 Å². The molecule has 2 aromatic carbocycles. The molecule has 0 fully saturated rings. The van der Waals surface area contributed by atoms with Crippen molar-refractivity contribution in [3.8, 4) is 22.8 Å². The number of aromatic nitrogens is 1. The van der Waals surface area contributed by atoms with Crippen molar-refractivity contribution in [2.45, 2.75) is 6.92 Å². The number of nitrogens with zero attached hydrogens (tertiary/aromatic N) is 1. The first kappa shape index (κ1) is 17.5. The minimum Gasteiger partial charge on any atom is -0.497 e. The molecule has 132 valence electrons. The zero-order valence-corrected chi connectivity index (χ0v) is 14.9. The quantitative estimate of drug-likeness (QED) is 0.746. The van der Waals surface area contributed by atoms with Crippen LogP contribution in [-0.4, -0.2) is 25.1 Å². The third-order valence-electron chi connectivity index (χ3n) is 4.06. The number of benzene rings is 2. The van der Waals surface area contributed by atoms with E-state index in [0.717, 1.165) is 11.3 Å². The fraction of sp³-hybridized carbons (Fsp3) is 0.143. The Labute approximate surface area is 152 Å². The van der Waals surface area contributed by atoms with Gasteiger partial charge in [-0.1, -0.05) is 30.3 Å². The molecule has 0 spiro atoms. The highest BCUT2D eigenvalue weighted by molar-refractivity contribution is 6.05. The second-order valence-corrected chi connectivity index (χ2v) is 5.72. The molecule has 0 atom stereocenters. The van der Waals surface area contributed by atoms with E-state index < -0.39 is 0 Å². The Hall–Kier alpha value is -3.34. The fourth-order valence-electron chi connectivity index (χ4n) is 2.66. The molecule has 0 aliphatic carbocycles. The van der Waals surface area contributed by atoms with Gasteiger partial charge in [0.2, 0.25) is 0 Å². The van der Waals surface area contributed by atoms with Crippen LogP contribution in [-0.2, 0) is 0 Å². The van der Waals surface area contributed by atoms with Gasteiger partial charge in [-0.05, 0) is 31.2 Å². The third kappa shape index (κ3) is 3.67. The molecule has 3 aromatic rings. The summed E-state index contributed by atoms with van der Waals surface area (Å²) < 4.78 is 10.5. The number of anilines is 1. The van der Waals surface area contributed by atoms with Gasteiger partial charge in [0.05, 0.1) is 36.9 Å². The van der Waals surface area contributed by atoms with E-state index in [1.165, 1.54) is 0 Å². The van der Waals surface area contributed by atoms with E-state index in [-0.39, 0.29) is 5.91 Å². The number of rotatable bonds is 5. The van der Waals surface area contributed by atoms with Crippen molar-refractivity contribution in [2.24, 2.45) is 0 Å². The smallest absolute Gasteiger partial charge is 0.257 e. The maximum atomic E-state index is 12.7. The summed E-state index contributed by atoms with van der Waals surface area (Å²) in [5, 5.41) is 2.87. The predicted octanol–water partition coefficient (Wildman–Crippen LogP) is 4.33. The van der Waals surface area contributed by atoms with Crippen molar-refractivity contribution < 1.29 is 14.3 Å². The molecule has 0 radical (unpaired) electrons. The Kier molecular flexibility index (Phi) is 5.17. The zero-order valence-electron chi connectivity index (χ0n) is 14.9. The minimum absolute atomic E-state index is 0.238. The lowest BCUT2D eigenvalue weighted by atomic mass is 10.1. The number of carbonyl (C=O) groups excluding carboxylic acids is 1. The lowest BCUT2D eigenvalue weighted by Gasteiger charge is -2.13. The summed E-state index contributed by atoms with van der Waals surface area (Å²) in [4.78, 5) is 17.2. The third-order valence-corrected chi connectivity index (χ3v) is 4.06. The van der Waals surface area contributed by atoms with Gasteiger partial charge in [0, 0.05) is 11.6 Å². The van der Waals surface area contributed by atoms with E-state index in [9.17, 15) is 4.79 Å². The summed E-state index contributed by atoms with van der Waals surface area (Å²) in [7, 11) is 3.13. The van der Waals surface area contributed by atoms with Crippen LogP contribution in [0.1, 0.15) is 16.1 Å². The van der Waals surface area contributed by atoms with Crippen LogP contribution in [0.25, 0.3) is 11.3 Å². The van der Waals surface area contributed by atoms with E-state index in [1.54, 1.807) is 38.5 Å². The lowest BCUT2D eigenvalue weighted by Crippen LogP contribution is -2.15. The number of pyridine rings is 1. The van der Waals surface area contributed by atoms with Crippen LogP contribution >= 0.6 is 0 Å². The fourth-order valence-corrected chi connectivity index (χ4v) is 2.66. The summed E-state index contributed by atoms with van der Waals surface area (Å²) in [6.07, 6.45) is 0. The molecule has 3 rings (SSSR count). The molecule has 1 aromatic heterocycles. The van der Waals surface area contributed by atoms with Crippen LogP contribution in [0.4, 0.5) is 5.69 Å². The second kappa shape index (κ2) is 7.70. The summed E-state index contributed by atoms with van der Waals surface area (Å²) in [6.45, 7) is 1.83. The Balaban J connectivity index is 1.85. The number of nitrogens with one attached hydrogen (secondary N) is 1. The molecular weight excluding hydrogens is 328 g/mol. The molecule has 5 heteroatoms. The number of carbonyl (C=O) groups is 1. The van der Waals surface area contributed by atoms with Gasteiger partial charge >= 0.3 is 0 Å². The molecule has 0 saturated carbocycles. The SMILES string of the molecule is COc1ccc(NC(=O)c2ccc(-c3ccccc3)nc2C)c(OC)c1. The lowest BCUT2D eigenvalue weighted by molar-refractivity contribution is 0.102. The molecule has 0 saturated heterocycles. The molecule has 0 bridgehead atoms. The number of ether oxygens (including phenoxy) is 2. The Morgan fingerprint density at radius 2 is 1.73 bits per heavy atom. The normalized spacial score (nSPS) is 10.3. The average molecular weight is 348 g/mol. The van der Waals surface area contributed by atoms with E-state index in [2.05, 4.69) is 10.3 Å². The van der Waals surface area contributed by atoms with Crippen LogP contribution in [0.5, 0.6) is 11.5 Å². The second-order valence-electron chi connectivity index (χ2n) is 5.72. The van der Waals surface area contributed by atoms with Gasteiger partial charge in [0.1, 0.15) is 11.5 Å². The molecule has 0 aliphatic heterocycles. The Bertz CT molecular complexity index is 924. The van der Waals surface area contributed by atoms with Gasteiger partial charge in [-0.3, -0.25) is 9.78 Å². The van der Waals surface area contributed by atoms with Crippen molar-refractivity contribution in [2.75, 3.05) is 19.5 Å². The first-order valence-electron chi connectivity index (χ1n) is 8.19.